The van der Waals surface area contributed by atoms with Crippen LogP contribution in [0.1, 0.15) is 22.6 Å². The maximum Gasteiger partial charge on any atom is 0.269 e. The Labute approximate surface area is 173 Å². The molecule has 7 heteroatoms. The lowest BCUT2D eigenvalue weighted by Gasteiger charge is -2.17. The van der Waals surface area contributed by atoms with Crippen LogP contribution in [0.15, 0.2) is 77.8 Å². The molecule has 1 unspecified atom stereocenters. The molecule has 2 N–H and O–H groups in total. The molecule has 142 valence electrons. The van der Waals surface area contributed by atoms with Crippen LogP contribution in [-0.4, -0.2) is 19.9 Å². The van der Waals surface area contributed by atoms with Gasteiger partial charge in [0.25, 0.3) is 5.69 Å². The average Bonchev–Trinajstić information content (AvgIpc) is 3.34. The van der Waals surface area contributed by atoms with Crippen molar-refractivity contribution in [3.63, 3.8) is 0 Å². The first-order valence-electron chi connectivity index (χ1n) is 9.03. The van der Waals surface area contributed by atoms with Crippen molar-refractivity contribution in [3.8, 4) is 0 Å². The van der Waals surface area contributed by atoms with Gasteiger partial charge in [0.15, 0.2) is 0 Å². The highest BCUT2D eigenvalue weighted by Crippen LogP contribution is 2.40. The van der Waals surface area contributed by atoms with Crippen LogP contribution in [0.5, 0.6) is 0 Å². The number of hydrogen-bond donors (Lipinski definition) is 2. The Balaban J connectivity index is 1.81. The number of aromatic nitrogens is 3. The highest BCUT2D eigenvalue weighted by Gasteiger charge is 2.24. The molecule has 5 aromatic rings. The number of nitrogens with one attached hydrogen (secondary N) is 2. The summed E-state index contributed by atoms with van der Waals surface area (Å²) in [5, 5.41) is 13.5. The predicted octanol–water partition coefficient (Wildman–Crippen LogP) is 5.90. The highest BCUT2D eigenvalue weighted by molar-refractivity contribution is 9.10. The molecule has 0 fully saturated rings. The fraction of sp³-hybridized carbons (Fsp3) is 0.0455. The van der Waals surface area contributed by atoms with Gasteiger partial charge in [-0.3, -0.25) is 15.1 Å². The Morgan fingerprint density at radius 1 is 0.966 bits per heavy atom. The molecule has 0 aliphatic carbocycles. The molecule has 0 saturated heterocycles. The quantitative estimate of drug-likeness (QED) is 0.266. The molecule has 2 aromatic carbocycles. The largest absolute Gasteiger partial charge is 0.361 e. The molecule has 0 saturated carbocycles. The number of hydrogen-bond acceptors (Lipinski definition) is 3. The first-order chi connectivity index (χ1) is 14.1. The number of benzene rings is 2. The Kier molecular flexibility index (Phi) is 4.17. The first kappa shape index (κ1) is 17.6. The maximum absolute atomic E-state index is 11.4. The van der Waals surface area contributed by atoms with Crippen molar-refractivity contribution in [2.24, 2.45) is 0 Å². The number of rotatable bonds is 4. The summed E-state index contributed by atoms with van der Waals surface area (Å²) in [5.41, 5.74) is 4.98. The molecule has 3 heterocycles. The van der Waals surface area contributed by atoms with E-state index in [2.05, 4.69) is 36.9 Å². The van der Waals surface area contributed by atoms with Gasteiger partial charge in [0.05, 0.1) is 16.6 Å². The Hall–Kier alpha value is -3.45. The summed E-state index contributed by atoms with van der Waals surface area (Å²) in [4.78, 5) is 21.8. The van der Waals surface area contributed by atoms with Crippen LogP contribution in [0.2, 0.25) is 0 Å². The topological polar surface area (TPSA) is 87.6 Å². The van der Waals surface area contributed by atoms with Gasteiger partial charge in [-0.25, -0.2) is 0 Å². The summed E-state index contributed by atoms with van der Waals surface area (Å²) >= 11 is 3.56. The minimum Gasteiger partial charge on any atom is -0.361 e. The second-order valence-corrected chi connectivity index (χ2v) is 7.80. The number of non-ortho nitro benzene ring substituents is 1. The van der Waals surface area contributed by atoms with E-state index in [1.165, 1.54) is 6.07 Å². The Bertz CT molecular complexity index is 1370. The van der Waals surface area contributed by atoms with Gasteiger partial charge >= 0.3 is 0 Å². The van der Waals surface area contributed by atoms with Crippen molar-refractivity contribution in [1.29, 1.82) is 0 Å². The number of nitro groups is 1. The number of H-pyrrole nitrogens is 2. The van der Waals surface area contributed by atoms with E-state index in [9.17, 15) is 10.1 Å². The lowest BCUT2D eigenvalue weighted by molar-refractivity contribution is -0.384. The number of aromatic amines is 2. The van der Waals surface area contributed by atoms with Crippen molar-refractivity contribution in [2.75, 3.05) is 0 Å². The summed E-state index contributed by atoms with van der Waals surface area (Å²) in [6.07, 6.45) is 7.50. The molecular formula is C22H15BrN4O2. The third kappa shape index (κ3) is 3.00. The summed E-state index contributed by atoms with van der Waals surface area (Å²) in [5.74, 6) is -0.186. The third-order valence-corrected chi connectivity index (χ3v) is 5.72. The van der Waals surface area contributed by atoms with E-state index < -0.39 is 0 Å². The highest BCUT2D eigenvalue weighted by atomic mass is 79.9. The van der Waals surface area contributed by atoms with E-state index >= 15 is 0 Å². The van der Waals surface area contributed by atoms with E-state index in [1.54, 1.807) is 24.5 Å². The Morgan fingerprint density at radius 3 is 2.59 bits per heavy atom. The minimum atomic E-state index is -0.356. The zero-order valence-electron chi connectivity index (χ0n) is 15.1. The number of nitrogens with zero attached hydrogens (tertiary/aromatic N) is 2. The van der Waals surface area contributed by atoms with Crippen molar-refractivity contribution >= 4 is 43.4 Å². The van der Waals surface area contributed by atoms with Crippen LogP contribution in [0.25, 0.3) is 21.8 Å². The molecule has 0 aliphatic heterocycles. The molecule has 29 heavy (non-hydrogen) atoms. The fourth-order valence-electron chi connectivity index (χ4n) is 3.93. The van der Waals surface area contributed by atoms with Gasteiger partial charge in [-0.15, -0.1) is 0 Å². The molecule has 1 atom stereocenters. The lowest BCUT2D eigenvalue weighted by Crippen LogP contribution is -2.03. The zero-order valence-corrected chi connectivity index (χ0v) is 16.7. The van der Waals surface area contributed by atoms with Crippen molar-refractivity contribution in [2.45, 2.75) is 5.92 Å². The molecule has 0 aliphatic rings. The summed E-state index contributed by atoms with van der Waals surface area (Å²) in [6, 6.07) is 14.9. The second-order valence-electron chi connectivity index (χ2n) is 6.88. The van der Waals surface area contributed by atoms with Gasteiger partial charge in [-0.1, -0.05) is 28.1 Å². The van der Waals surface area contributed by atoms with Crippen LogP contribution < -0.4 is 0 Å². The van der Waals surface area contributed by atoms with E-state index in [-0.39, 0.29) is 16.5 Å². The first-order valence-corrected chi connectivity index (χ1v) is 9.83. The van der Waals surface area contributed by atoms with Gasteiger partial charge in [-0.05, 0) is 41.0 Å². The van der Waals surface area contributed by atoms with Crippen molar-refractivity contribution in [3.05, 3.63) is 105 Å². The van der Waals surface area contributed by atoms with E-state index in [4.69, 9.17) is 0 Å². The number of fused-ring (bicyclic) bond motifs is 2. The molecular weight excluding hydrogens is 432 g/mol. The molecule has 6 nitrogen and oxygen atoms in total. The molecule has 0 radical (unpaired) electrons. The van der Waals surface area contributed by atoms with E-state index in [0.29, 0.717) is 0 Å². The smallest absolute Gasteiger partial charge is 0.269 e. The van der Waals surface area contributed by atoms with E-state index in [0.717, 1.165) is 43.0 Å². The van der Waals surface area contributed by atoms with Crippen LogP contribution in [-0.2, 0) is 0 Å². The zero-order chi connectivity index (χ0) is 20.0. The fourth-order valence-corrected chi connectivity index (χ4v) is 4.29. The summed E-state index contributed by atoms with van der Waals surface area (Å²) in [7, 11) is 0. The molecule has 0 bridgehead atoms. The number of pyridine rings is 1. The van der Waals surface area contributed by atoms with Gasteiger partial charge < -0.3 is 9.97 Å². The third-order valence-electron chi connectivity index (χ3n) is 5.23. The van der Waals surface area contributed by atoms with Crippen LogP contribution in [0.4, 0.5) is 5.69 Å². The van der Waals surface area contributed by atoms with Gasteiger partial charge in [0.2, 0.25) is 0 Å². The molecule has 5 rings (SSSR count). The standard InChI is InChI=1S/C22H15BrN4O2/c23-14-4-5-20-17(9-14)19(11-25-20)22(13-2-1-3-15(8-13)27(28)29)18-10-26-21-12-24-7-6-16(18)21/h1-12,22,25-26H. The predicted molar refractivity (Wildman–Crippen MR) is 116 cm³/mol. The van der Waals surface area contributed by atoms with Gasteiger partial charge in [0.1, 0.15) is 0 Å². The summed E-state index contributed by atoms with van der Waals surface area (Å²) in [6.45, 7) is 0. The monoisotopic (exact) mass is 446 g/mol. The Morgan fingerprint density at radius 2 is 1.76 bits per heavy atom. The minimum absolute atomic E-state index is 0.0787. The van der Waals surface area contributed by atoms with Crippen LogP contribution in [0, 0.1) is 10.1 Å². The van der Waals surface area contributed by atoms with Crippen LogP contribution in [0.3, 0.4) is 0 Å². The number of nitro benzene ring substituents is 1. The normalized spacial score (nSPS) is 12.4. The van der Waals surface area contributed by atoms with Crippen molar-refractivity contribution in [1.82, 2.24) is 15.0 Å². The van der Waals surface area contributed by atoms with Crippen molar-refractivity contribution < 1.29 is 4.92 Å². The van der Waals surface area contributed by atoms with Crippen LogP contribution >= 0.6 is 15.9 Å². The van der Waals surface area contributed by atoms with Gasteiger partial charge in [-0.2, -0.15) is 0 Å². The second kappa shape index (κ2) is 6.86. The number of halogens is 1. The summed E-state index contributed by atoms with van der Waals surface area (Å²) < 4.78 is 0.978. The van der Waals surface area contributed by atoms with E-state index in [1.807, 2.05) is 36.7 Å². The molecule has 3 aromatic heterocycles. The molecule has 0 amide bonds. The van der Waals surface area contributed by atoms with Gasteiger partial charge in [0, 0.05) is 57.4 Å². The average molecular weight is 447 g/mol. The lowest BCUT2D eigenvalue weighted by atomic mass is 9.85. The molecule has 0 spiro atoms. The SMILES string of the molecule is O=[N+]([O-])c1cccc(C(c2c[nH]c3cnccc23)c2c[nH]c3ccc(Br)cc23)c1. The maximum atomic E-state index is 11.4.